The van der Waals surface area contributed by atoms with Crippen LogP contribution < -0.4 is 0 Å². The fourth-order valence-corrected chi connectivity index (χ4v) is 4.41. The summed E-state index contributed by atoms with van der Waals surface area (Å²) in [6.07, 6.45) is 2.11. The summed E-state index contributed by atoms with van der Waals surface area (Å²) in [5.74, 6) is 0.678. The predicted molar refractivity (Wildman–Crippen MR) is 123 cm³/mol. The Hall–Kier alpha value is -2.86. The van der Waals surface area contributed by atoms with Crippen molar-refractivity contribution < 1.29 is 9.59 Å². The maximum atomic E-state index is 13.3. The van der Waals surface area contributed by atoms with Crippen molar-refractivity contribution in [2.75, 3.05) is 19.6 Å². The number of H-pyrrole nitrogens is 1. The Morgan fingerprint density at radius 1 is 1.19 bits per heavy atom. The number of hydrogen-bond acceptors (Lipinski definition) is 3. The van der Waals surface area contributed by atoms with E-state index in [1.807, 2.05) is 43.9 Å². The van der Waals surface area contributed by atoms with Crippen LogP contribution in [0.25, 0.3) is 11.0 Å². The van der Waals surface area contributed by atoms with E-state index in [0.717, 1.165) is 42.5 Å². The highest BCUT2D eigenvalue weighted by atomic mass is 35.5. The monoisotopic (exact) mass is 438 g/mol. The fourth-order valence-electron chi connectivity index (χ4n) is 4.23. The van der Waals surface area contributed by atoms with E-state index in [1.54, 1.807) is 23.1 Å². The first kappa shape index (κ1) is 21.4. The van der Waals surface area contributed by atoms with Crippen LogP contribution in [0.4, 0.5) is 0 Å². The Balaban J connectivity index is 1.57. The molecule has 1 fully saturated rings. The van der Waals surface area contributed by atoms with Crippen molar-refractivity contribution in [3.8, 4) is 0 Å². The van der Waals surface area contributed by atoms with Crippen molar-refractivity contribution in [3.05, 3.63) is 63.9 Å². The van der Waals surface area contributed by atoms with Crippen LogP contribution >= 0.6 is 11.6 Å². The van der Waals surface area contributed by atoms with Crippen LogP contribution in [0.15, 0.2) is 36.4 Å². The molecule has 0 saturated carbocycles. The molecule has 2 amide bonds. The highest BCUT2D eigenvalue weighted by Crippen LogP contribution is 2.25. The number of imidazole rings is 1. The molecular formula is C24H27ClN4O2. The largest absolute Gasteiger partial charge is 0.340 e. The van der Waals surface area contributed by atoms with Crippen LogP contribution in [0.1, 0.15) is 64.8 Å². The maximum absolute atomic E-state index is 13.3. The Bertz CT molecular complexity index is 1130. The smallest absolute Gasteiger partial charge is 0.254 e. The molecule has 1 N–H and O–H groups in total. The summed E-state index contributed by atoms with van der Waals surface area (Å²) in [5, 5.41) is 0.637. The van der Waals surface area contributed by atoms with Gasteiger partial charge < -0.3 is 14.8 Å². The van der Waals surface area contributed by atoms with Crippen LogP contribution in [0.2, 0.25) is 5.02 Å². The van der Waals surface area contributed by atoms with Gasteiger partial charge in [-0.3, -0.25) is 9.59 Å². The lowest BCUT2D eigenvalue weighted by molar-refractivity contribution is 0.0694. The molecule has 1 aliphatic heterocycles. The first-order valence-corrected chi connectivity index (χ1v) is 11.1. The van der Waals surface area contributed by atoms with Crippen molar-refractivity contribution in [1.29, 1.82) is 0 Å². The van der Waals surface area contributed by atoms with Gasteiger partial charge in [0.1, 0.15) is 5.82 Å². The average Bonchev–Trinajstić information content (AvgIpc) is 3.43. The van der Waals surface area contributed by atoms with Gasteiger partial charge in [0.2, 0.25) is 0 Å². The number of carbonyl (C=O) groups excluding carboxylic acids is 2. The lowest BCUT2D eigenvalue weighted by atomic mass is 10.0. The molecule has 1 aliphatic rings. The Morgan fingerprint density at radius 3 is 2.61 bits per heavy atom. The molecular weight excluding hydrogens is 412 g/mol. The number of halogens is 1. The number of hydrogen-bond donors (Lipinski definition) is 1. The quantitative estimate of drug-likeness (QED) is 0.610. The second-order valence-corrected chi connectivity index (χ2v) is 8.52. The summed E-state index contributed by atoms with van der Waals surface area (Å²) in [7, 11) is 0. The Kier molecular flexibility index (Phi) is 6.01. The molecule has 2 aromatic carbocycles. The molecule has 0 radical (unpaired) electrons. The zero-order valence-corrected chi connectivity index (χ0v) is 18.9. The van der Waals surface area contributed by atoms with Gasteiger partial charge in [0.25, 0.3) is 11.8 Å². The zero-order chi connectivity index (χ0) is 22.1. The molecule has 0 spiro atoms. The summed E-state index contributed by atoms with van der Waals surface area (Å²) in [6, 6.07) is 10.6. The third-order valence-electron chi connectivity index (χ3n) is 6.02. The first-order valence-electron chi connectivity index (χ1n) is 10.7. The van der Waals surface area contributed by atoms with Gasteiger partial charge in [0.15, 0.2) is 0 Å². The van der Waals surface area contributed by atoms with Gasteiger partial charge in [-0.2, -0.15) is 0 Å². The maximum Gasteiger partial charge on any atom is 0.254 e. The number of fused-ring (bicyclic) bond motifs is 1. The molecule has 7 heteroatoms. The van der Waals surface area contributed by atoms with Crippen LogP contribution in [0.5, 0.6) is 0 Å². The number of carbonyl (C=O) groups is 2. The minimum atomic E-state index is -0.241. The molecule has 1 aromatic heterocycles. The van der Waals surface area contributed by atoms with E-state index < -0.39 is 0 Å². The molecule has 1 atom stereocenters. The van der Waals surface area contributed by atoms with Gasteiger partial charge >= 0.3 is 0 Å². The second kappa shape index (κ2) is 8.71. The summed E-state index contributed by atoms with van der Waals surface area (Å²) >= 11 is 6.08. The zero-order valence-electron chi connectivity index (χ0n) is 18.1. The fraction of sp³-hybridized carbons (Fsp3) is 0.375. The number of aryl methyl sites for hydroxylation is 1. The molecule has 6 nitrogen and oxygen atoms in total. The van der Waals surface area contributed by atoms with E-state index in [1.165, 1.54) is 0 Å². The first-order chi connectivity index (χ1) is 14.9. The van der Waals surface area contributed by atoms with Crippen molar-refractivity contribution >= 4 is 34.4 Å². The normalized spacial score (nSPS) is 14.8. The number of nitrogens with zero attached hydrogens (tertiary/aromatic N) is 3. The number of amides is 2. The van der Waals surface area contributed by atoms with Gasteiger partial charge in [-0.05, 0) is 75.6 Å². The lowest BCUT2D eigenvalue weighted by Gasteiger charge is -2.27. The van der Waals surface area contributed by atoms with Crippen LogP contribution in [-0.2, 0) is 0 Å². The van der Waals surface area contributed by atoms with E-state index in [9.17, 15) is 9.59 Å². The third kappa shape index (κ3) is 4.17. The average molecular weight is 439 g/mol. The SMILES string of the molecule is CCN(C(=O)c1ccc(C(=O)N2CCCC2)c(C)c1)C(C)c1nc2ccc(Cl)cc2[nH]1. The minimum Gasteiger partial charge on any atom is -0.340 e. The number of aromatic nitrogens is 2. The van der Waals surface area contributed by atoms with E-state index in [-0.39, 0.29) is 17.9 Å². The highest BCUT2D eigenvalue weighted by molar-refractivity contribution is 6.31. The molecule has 0 bridgehead atoms. The molecule has 162 valence electrons. The van der Waals surface area contributed by atoms with Crippen molar-refractivity contribution in [2.45, 2.75) is 39.7 Å². The van der Waals surface area contributed by atoms with Crippen LogP contribution in [0.3, 0.4) is 0 Å². The van der Waals surface area contributed by atoms with Gasteiger partial charge in [-0.1, -0.05) is 11.6 Å². The van der Waals surface area contributed by atoms with E-state index in [2.05, 4.69) is 9.97 Å². The summed E-state index contributed by atoms with van der Waals surface area (Å²) < 4.78 is 0. The van der Waals surface area contributed by atoms with E-state index in [0.29, 0.717) is 28.5 Å². The topological polar surface area (TPSA) is 69.3 Å². The summed E-state index contributed by atoms with van der Waals surface area (Å²) in [6.45, 7) is 7.95. The lowest BCUT2D eigenvalue weighted by Crippen LogP contribution is -2.34. The minimum absolute atomic E-state index is 0.0515. The number of aromatic amines is 1. The van der Waals surface area contributed by atoms with Crippen molar-refractivity contribution in [1.82, 2.24) is 19.8 Å². The van der Waals surface area contributed by atoms with Gasteiger partial charge in [0, 0.05) is 35.8 Å². The van der Waals surface area contributed by atoms with Gasteiger partial charge in [0.05, 0.1) is 17.1 Å². The van der Waals surface area contributed by atoms with Crippen molar-refractivity contribution in [2.24, 2.45) is 0 Å². The number of benzene rings is 2. The molecule has 4 rings (SSSR count). The molecule has 0 aliphatic carbocycles. The predicted octanol–water partition coefficient (Wildman–Crippen LogP) is 4.98. The number of likely N-dealkylation sites (tertiary alicyclic amines) is 1. The Labute approximate surface area is 187 Å². The van der Waals surface area contributed by atoms with Crippen LogP contribution in [0, 0.1) is 6.92 Å². The van der Waals surface area contributed by atoms with Crippen LogP contribution in [-0.4, -0.2) is 51.2 Å². The molecule has 31 heavy (non-hydrogen) atoms. The Morgan fingerprint density at radius 2 is 1.94 bits per heavy atom. The second-order valence-electron chi connectivity index (χ2n) is 8.08. The standard InChI is InChI=1S/C24H27ClN4O2/c1-4-29(16(3)22-26-20-10-8-18(25)14-21(20)27-22)23(30)17-7-9-19(15(2)13-17)24(31)28-11-5-6-12-28/h7-10,13-14,16H,4-6,11-12H2,1-3H3,(H,26,27). The van der Waals surface area contributed by atoms with Gasteiger partial charge in [-0.25, -0.2) is 4.98 Å². The molecule has 2 heterocycles. The number of rotatable bonds is 5. The summed E-state index contributed by atoms with van der Waals surface area (Å²) in [4.78, 5) is 37.7. The molecule has 1 saturated heterocycles. The van der Waals surface area contributed by atoms with E-state index >= 15 is 0 Å². The molecule has 3 aromatic rings. The van der Waals surface area contributed by atoms with Gasteiger partial charge in [-0.15, -0.1) is 0 Å². The summed E-state index contributed by atoms with van der Waals surface area (Å²) in [5.41, 5.74) is 3.73. The van der Waals surface area contributed by atoms with Crippen molar-refractivity contribution in [3.63, 3.8) is 0 Å². The highest BCUT2D eigenvalue weighted by Gasteiger charge is 2.26. The molecule has 1 unspecified atom stereocenters. The number of nitrogens with one attached hydrogen (secondary N) is 1. The van der Waals surface area contributed by atoms with E-state index in [4.69, 9.17) is 11.6 Å². The third-order valence-corrected chi connectivity index (χ3v) is 6.26.